The third-order valence-electron chi connectivity index (χ3n) is 3.50. The first kappa shape index (κ1) is 19.6. The van der Waals surface area contributed by atoms with Crippen LogP contribution in [0.4, 0.5) is 13.2 Å². The van der Waals surface area contributed by atoms with E-state index >= 15 is 0 Å². The number of rotatable bonds is 7. The van der Waals surface area contributed by atoms with Gasteiger partial charge in [-0.2, -0.15) is 13.2 Å². The summed E-state index contributed by atoms with van der Waals surface area (Å²) in [5, 5.41) is 2.74. The molecule has 2 aromatic rings. The summed E-state index contributed by atoms with van der Waals surface area (Å²) in [6.07, 6.45) is -2.68. The number of ether oxygens (including phenoxy) is 2. The van der Waals surface area contributed by atoms with Crippen molar-refractivity contribution in [3.8, 4) is 11.6 Å². The molecule has 0 saturated heterocycles. The minimum absolute atomic E-state index is 0.191. The smallest absolute Gasteiger partial charge is 0.422 e. The number of benzene rings is 1. The molecule has 0 radical (unpaired) electrons. The van der Waals surface area contributed by atoms with Crippen LogP contribution in [0.15, 0.2) is 36.5 Å². The van der Waals surface area contributed by atoms with Crippen molar-refractivity contribution in [2.45, 2.75) is 19.5 Å². The SMILES string of the molecule is COc1ccc(C)cc1CCNC(=O)c1ccc(OCC(F)(F)F)nc1. The van der Waals surface area contributed by atoms with Crippen LogP contribution in [0.25, 0.3) is 0 Å². The van der Waals surface area contributed by atoms with Crippen molar-refractivity contribution < 1.29 is 27.4 Å². The second-order valence-electron chi connectivity index (χ2n) is 5.61. The lowest BCUT2D eigenvalue weighted by atomic mass is 10.1. The topological polar surface area (TPSA) is 60.5 Å². The second kappa shape index (κ2) is 8.55. The van der Waals surface area contributed by atoms with E-state index in [0.717, 1.165) is 16.9 Å². The van der Waals surface area contributed by atoms with Gasteiger partial charge in [-0.3, -0.25) is 4.79 Å². The molecule has 1 N–H and O–H groups in total. The van der Waals surface area contributed by atoms with Crippen LogP contribution in [0, 0.1) is 6.92 Å². The van der Waals surface area contributed by atoms with Gasteiger partial charge in [0, 0.05) is 18.8 Å². The summed E-state index contributed by atoms with van der Waals surface area (Å²) >= 11 is 0. The third-order valence-corrected chi connectivity index (χ3v) is 3.50. The number of carbonyl (C=O) groups is 1. The Morgan fingerprint density at radius 1 is 1.23 bits per heavy atom. The number of aryl methyl sites for hydroxylation is 1. The number of alkyl halides is 3. The maximum atomic E-state index is 12.1. The van der Waals surface area contributed by atoms with Crippen LogP contribution < -0.4 is 14.8 Å². The lowest BCUT2D eigenvalue weighted by Crippen LogP contribution is -2.26. The summed E-state index contributed by atoms with van der Waals surface area (Å²) in [5.74, 6) is 0.188. The van der Waals surface area contributed by atoms with Gasteiger partial charge in [0.1, 0.15) is 5.75 Å². The van der Waals surface area contributed by atoms with Crippen molar-refractivity contribution in [2.24, 2.45) is 0 Å². The maximum absolute atomic E-state index is 12.1. The molecule has 1 aromatic heterocycles. The number of aromatic nitrogens is 1. The van der Waals surface area contributed by atoms with Gasteiger partial charge in [-0.15, -0.1) is 0 Å². The molecular weight excluding hydrogens is 349 g/mol. The molecule has 1 heterocycles. The van der Waals surface area contributed by atoms with Gasteiger partial charge in [-0.1, -0.05) is 17.7 Å². The minimum Gasteiger partial charge on any atom is -0.496 e. The zero-order chi connectivity index (χ0) is 19.2. The molecule has 26 heavy (non-hydrogen) atoms. The van der Waals surface area contributed by atoms with Crippen molar-refractivity contribution >= 4 is 5.91 Å². The monoisotopic (exact) mass is 368 g/mol. The van der Waals surface area contributed by atoms with Crippen molar-refractivity contribution in [3.05, 3.63) is 53.2 Å². The molecule has 0 aliphatic heterocycles. The van der Waals surface area contributed by atoms with Crippen LogP contribution in [0.2, 0.25) is 0 Å². The van der Waals surface area contributed by atoms with Gasteiger partial charge >= 0.3 is 6.18 Å². The maximum Gasteiger partial charge on any atom is 0.422 e. The number of hydrogen-bond acceptors (Lipinski definition) is 4. The van der Waals surface area contributed by atoms with Gasteiger partial charge in [0.2, 0.25) is 5.88 Å². The van der Waals surface area contributed by atoms with E-state index in [1.54, 1.807) is 7.11 Å². The molecule has 8 heteroatoms. The molecule has 0 aliphatic rings. The molecule has 0 aliphatic carbocycles. The van der Waals surface area contributed by atoms with Crippen LogP contribution >= 0.6 is 0 Å². The van der Waals surface area contributed by atoms with Gasteiger partial charge in [0.15, 0.2) is 6.61 Å². The molecule has 0 fully saturated rings. The summed E-state index contributed by atoms with van der Waals surface area (Å²) in [4.78, 5) is 15.8. The first-order valence-corrected chi connectivity index (χ1v) is 7.86. The molecule has 140 valence electrons. The Bertz CT molecular complexity index is 746. The van der Waals surface area contributed by atoms with Gasteiger partial charge in [0.05, 0.1) is 12.7 Å². The van der Waals surface area contributed by atoms with Gasteiger partial charge in [-0.25, -0.2) is 4.98 Å². The molecule has 5 nitrogen and oxygen atoms in total. The molecular formula is C18H19F3N2O3. The Kier molecular flexibility index (Phi) is 6.43. The first-order valence-electron chi connectivity index (χ1n) is 7.86. The molecule has 0 bridgehead atoms. The number of carbonyl (C=O) groups excluding carboxylic acids is 1. The van der Waals surface area contributed by atoms with Crippen molar-refractivity contribution in [1.29, 1.82) is 0 Å². The van der Waals surface area contributed by atoms with Crippen LogP contribution in [0.3, 0.4) is 0 Å². The highest BCUT2D eigenvalue weighted by Gasteiger charge is 2.28. The molecule has 0 unspecified atom stereocenters. The highest BCUT2D eigenvalue weighted by Crippen LogP contribution is 2.20. The Hall–Kier alpha value is -2.77. The Morgan fingerprint density at radius 3 is 2.62 bits per heavy atom. The predicted molar refractivity (Wildman–Crippen MR) is 89.6 cm³/mol. The zero-order valence-electron chi connectivity index (χ0n) is 14.4. The van der Waals surface area contributed by atoms with Crippen molar-refractivity contribution in [3.63, 3.8) is 0 Å². The molecule has 2 rings (SSSR count). The summed E-state index contributed by atoms with van der Waals surface area (Å²) in [5.41, 5.74) is 2.30. The highest BCUT2D eigenvalue weighted by atomic mass is 19.4. The predicted octanol–water partition coefficient (Wildman–Crippen LogP) is 3.31. The Balaban J connectivity index is 1.87. The number of nitrogens with one attached hydrogen (secondary N) is 1. The fourth-order valence-electron chi connectivity index (χ4n) is 2.27. The van der Waals surface area contributed by atoms with E-state index in [2.05, 4.69) is 15.0 Å². The van der Waals surface area contributed by atoms with Crippen molar-refractivity contribution in [1.82, 2.24) is 10.3 Å². The number of hydrogen-bond donors (Lipinski definition) is 1. The highest BCUT2D eigenvalue weighted by molar-refractivity contribution is 5.93. The van der Waals surface area contributed by atoms with Crippen LogP contribution in [0.5, 0.6) is 11.6 Å². The van der Waals surface area contributed by atoms with Crippen LogP contribution in [0.1, 0.15) is 21.5 Å². The molecule has 1 aromatic carbocycles. The molecule has 0 atom stereocenters. The van der Waals surface area contributed by atoms with E-state index in [4.69, 9.17) is 4.74 Å². The summed E-state index contributed by atoms with van der Waals surface area (Å²) in [6.45, 7) is 0.921. The summed E-state index contributed by atoms with van der Waals surface area (Å²) in [6, 6.07) is 8.38. The van der Waals surface area contributed by atoms with Gasteiger partial charge in [-0.05, 0) is 31.0 Å². The first-order chi connectivity index (χ1) is 12.3. The standard InChI is InChI=1S/C18H19F3N2O3/c1-12-3-5-15(25-2)13(9-12)7-8-22-17(24)14-4-6-16(23-10-14)26-11-18(19,20)21/h3-6,9-10H,7-8,11H2,1-2H3,(H,22,24). The summed E-state index contributed by atoms with van der Waals surface area (Å²) in [7, 11) is 1.58. The second-order valence-corrected chi connectivity index (χ2v) is 5.61. The lowest BCUT2D eigenvalue weighted by Gasteiger charge is -2.11. The van der Waals surface area contributed by atoms with Crippen molar-refractivity contribution in [2.75, 3.05) is 20.3 Å². The Morgan fingerprint density at radius 2 is 2.00 bits per heavy atom. The number of amides is 1. The summed E-state index contributed by atoms with van der Waals surface area (Å²) < 4.78 is 46.0. The number of halogens is 3. The van der Waals surface area contributed by atoms with Gasteiger partial charge in [0.25, 0.3) is 5.91 Å². The van der Waals surface area contributed by atoms with E-state index in [-0.39, 0.29) is 17.4 Å². The minimum atomic E-state index is -4.44. The van der Waals surface area contributed by atoms with Crippen LogP contribution in [-0.4, -0.2) is 37.3 Å². The zero-order valence-corrected chi connectivity index (χ0v) is 14.4. The molecule has 0 spiro atoms. The fourth-order valence-corrected chi connectivity index (χ4v) is 2.27. The van der Waals surface area contributed by atoms with E-state index < -0.39 is 12.8 Å². The number of nitrogens with zero attached hydrogens (tertiary/aromatic N) is 1. The average Bonchev–Trinajstić information content (AvgIpc) is 2.60. The largest absolute Gasteiger partial charge is 0.496 e. The average molecular weight is 368 g/mol. The Labute approximate surface area is 149 Å². The normalized spacial score (nSPS) is 11.1. The van der Waals surface area contributed by atoms with E-state index in [1.807, 2.05) is 25.1 Å². The number of methoxy groups -OCH3 is 1. The quantitative estimate of drug-likeness (QED) is 0.815. The van der Waals surface area contributed by atoms with Gasteiger partial charge < -0.3 is 14.8 Å². The van der Waals surface area contributed by atoms with E-state index in [0.29, 0.717) is 13.0 Å². The third kappa shape index (κ3) is 5.94. The van der Waals surface area contributed by atoms with E-state index in [1.165, 1.54) is 18.3 Å². The van der Waals surface area contributed by atoms with E-state index in [9.17, 15) is 18.0 Å². The van der Waals surface area contributed by atoms with Crippen LogP contribution in [-0.2, 0) is 6.42 Å². The molecule has 1 amide bonds. The fraction of sp³-hybridized carbons (Fsp3) is 0.333. The molecule has 0 saturated carbocycles. The number of pyridine rings is 1. The lowest BCUT2D eigenvalue weighted by molar-refractivity contribution is -0.154.